The molecule has 1 aromatic heterocycles. The van der Waals surface area contributed by atoms with Gasteiger partial charge in [-0.25, -0.2) is 4.79 Å². The Bertz CT molecular complexity index is 836. The molecule has 3 rings (SSSR count). The lowest BCUT2D eigenvalue weighted by molar-refractivity contribution is 0.0734. The highest BCUT2D eigenvalue weighted by Gasteiger charge is 2.15. The molecular weight excluding hydrogens is 356 g/mol. The summed E-state index contributed by atoms with van der Waals surface area (Å²) in [6.07, 6.45) is 1.52. The van der Waals surface area contributed by atoms with Crippen LogP contribution in [0.2, 0.25) is 0 Å². The SMILES string of the molecule is Cc1c(C(=O)Oc2ccc(-c3ccc(Br)cc3)cc2)cnn1C. The maximum atomic E-state index is 12.2. The topological polar surface area (TPSA) is 44.1 Å². The van der Waals surface area contributed by atoms with Crippen LogP contribution in [0.15, 0.2) is 59.2 Å². The molecule has 116 valence electrons. The lowest BCUT2D eigenvalue weighted by Crippen LogP contribution is -2.09. The van der Waals surface area contributed by atoms with E-state index < -0.39 is 5.97 Å². The molecule has 3 aromatic rings. The average molecular weight is 371 g/mol. The Labute approximate surface area is 142 Å². The maximum absolute atomic E-state index is 12.2. The van der Waals surface area contributed by atoms with Crippen LogP contribution in [0, 0.1) is 6.92 Å². The van der Waals surface area contributed by atoms with Crippen molar-refractivity contribution in [2.45, 2.75) is 6.92 Å². The minimum absolute atomic E-state index is 0.396. The van der Waals surface area contributed by atoms with E-state index in [0.717, 1.165) is 21.3 Å². The Kier molecular flexibility index (Phi) is 4.30. The highest BCUT2D eigenvalue weighted by atomic mass is 79.9. The van der Waals surface area contributed by atoms with Crippen LogP contribution in [0.1, 0.15) is 16.1 Å². The van der Waals surface area contributed by atoms with Gasteiger partial charge in [0.05, 0.1) is 6.20 Å². The quantitative estimate of drug-likeness (QED) is 0.507. The zero-order valence-electron chi connectivity index (χ0n) is 12.8. The first-order valence-electron chi connectivity index (χ1n) is 7.11. The number of aryl methyl sites for hydroxylation is 1. The van der Waals surface area contributed by atoms with Gasteiger partial charge in [-0.15, -0.1) is 0 Å². The zero-order chi connectivity index (χ0) is 16.4. The summed E-state index contributed by atoms with van der Waals surface area (Å²) >= 11 is 3.42. The summed E-state index contributed by atoms with van der Waals surface area (Å²) in [5.41, 5.74) is 3.43. The van der Waals surface area contributed by atoms with Gasteiger partial charge in [-0.3, -0.25) is 4.68 Å². The van der Waals surface area contributed by atoms with Crippen LogP contribution in [-0.2, 0) is 7.05 Å². The molecule has 0 amide bonds. The molecule has 1 heterocycles. The Morgan fingerprint density at radius 3 is 2.13 bits per heavy atom. The van der Waals surface area contributed by atoms with Gasteiger partial charge in [-0.05, 0) is 42.3 Å². The largest absolute Gasteiger partial charge is 0.423 e. The molecule has 2 aromatic carbocycles. The Morgan fingerprint density at radius 1 is 1.04 bits per heavy atom. The van der Waals surface area contributed by atoms with E-state index in [1.54, 1.807) is 23.9 Å². The molecule has 0 bridgehead atoms. The van der Waals surface area contributed by atoms with Crippen molar-refractivity contribution in [2.75, 3.05) is 0 Å². The molecule has 0 unspecified atom stereocenters. The zero-order valence-corrected chi connectivity index (χ0v) is 14.4. The van der Waals surface area contributed by atoms with Gasteiger partial charge in [0.25, 0.3) is 0 Å². The molecule has 0 N–H and O–H groups in total. The van der Waals surface area contributed by atoms with Crippen LogP contribution < -0.4 is 4.74 Å². The summed E-state index contributed by atoms with van der Waals surface area (Å²) in [7, 11) is 1.79. The van der Waals surface area contributed by atoms with Crippen molar-refractivity contribution >= 4 is 21.9 Å². The van der Waals surface area contributed by atoms with Crippen molar-refractivity contribution in [3.63, 3.8) is 0 Å². The third-order valence-corrected chi connectivity index (χ3v) is 4.23. The van der Waals surface area contributed by atoms with Crippen LogP contribution in [0.3, 0.4) is 0 Å². The van der Waals surface area contributed by atoms with Gasteiger partial charge in [-0.2, -0.15) is 5.10 Å². The average Bonchev–Trinajstić information content (AvgIpc) is 2.89. The molecule has 0 saturated heterocycles. The van der Waals surface area contributed by atoms with Crippen molar-refractivity contribution < 1.29 is 9.53 Å². The third-order valence-electron chi connectivity index (χ3n) is 3.70. The first-order valence-corrected chi connectivity index (χ1v) is 7.90. The predicted octanol–water partition coefficient (Wildman–Crippen LogP) is 4.38. The molecule has 0 aliphatic carbocycles. The normalized spacial score (nSPS) is 10.6. The van der Waals surface area contributed by atoms with Crippen LogP contribution in [0.4, 0.5) is 0 Å². The number of benzene rings is 2. The van der Waals surface area contributed by atoms with E-state index in [-0.39, 0.29) is 0 Å². The number of ether oxygens (including phenoxy) is 1. The van der Waals surface area contributed by atoms with E-state index in [1.165, 1.54) is 6.20 Å². The van der Waals surface area contributed by atoms with E-state index in [1.807, 2.05) is 43.3 Å². The van der Waals surface area contributed by atoms with Crippen molar-refractivity contribution in [2.24, 2.45) is 7.05 Å². The first-order chi connectivity index (χ1) is 11.0. The molecule has 5 heteroatoms. The van der Waals surface area contributed by atoms with Crippen LogP contribution in [-0.4, -0.2) is 15.7 Å². The predicted molar refractivity (Wildman–Crippen MR) is 92.5 cm³/mol. The van der Waals surface area contributed by atoms with Gasteiger partial charge in [0.1, 0.15) is 11.3 Å². The summed E-state index contributed by atoms with van der Waals surface area (Å²) in [6.45, 7) is 1.83. The Morgan fingerprint density at radius 2 is 1.61 bits per heavy atom. The third kappa shape index (κ3) is 3.35. The molecular formula is C18H15BrN2O2. The van der Waals surface area contributed by atoms with E-state index in [0.29, 0.717) is 11.3 Å². The molecule has 4 nitrogen and oxygen atoms in total. The summed E-state index contributed by atoms with van der Waals surface area (Å²) in [5.74, 6) is 0.117. The second kappa shape index (κ2) is 6.38. The van der Waals surface area contributed by atoms with Crippen LogP contribution in [0.25, 0.3) is 11.1 Å². The minimum atomic E-state index is -0.396. The van der Waals surface area contributed by atoms with Crippen molar-refractivity contribution in [3.8, 4) is 16.9 Å². The molecule has 0 aliphatic heterocycles. The number of esters is 1. The number of rotatable bonds is 3. The molecule has 0 atom stereocenters. The lowest BCUT2D eigenvalue weighted by Gasteiger charge is -2.06. The van der Waals surface area contributed by atoms with Gasteiger partial charge in [-0.1, -0.05) is 40.2 Å². The smallest absolute Gasteiger partial charge is 0.347 e. The summed E-state index contributed by atoms with van der Waals surface area (Å²) < 4.78 is 8.09. The lowest BCUT2D eigenvalue weighted by atomic mass is 10.1. The highest BCUT2D eigenvalue weighted by Crippen LogP contribution is 2.24. The molecule has 0 spiro atoms. The van der Waals surface area contributed by atoms with Gasteiger partial charge < -0.3 is 4.74 Å². The van der Waals surface area contributed by atoms with Crippen molar-refractivity contribution in [1.82, 2.24) is 9.78 Å². The van der Waals surface area contributed by atoms with Gasteiger partial charge in [0.15, 0.2) is 0 Å². The first kappa shape index (κ1) is 15.5. The van der Waals surface area contributed by atoms with Gasteiger partial charge in [0, 0.05) is 17.2 Å². The van der Waals surface area contributed by atoms with E-state index in [2.05, 4.69) is 21.0 Å². The maximum Gasteiger partial charge on any atom is 0.347 e. The van der Waals surface area contributed by atoms with Crippen molar-refractivity contribution in [3.05, 3.63) is 70.5 Å². The fraction of sp³-hybridized carbons (Fsp3) is 0.111. The Balaban J connectivity index is 1.76. The second-order valence-electron chi connectivity index (χ2n) is 5.19. The van der Waals surface area contributed by atoms with Crippen LogP contribution in [0.5, 0.6) is 5.75 Å². The number of carbonyl (C=O) groups excluding carboxylic acids is 1. The van der Waals surface area contributed by atoms with E-state index in [9.17, 15) is 4.79 Å². The standard InChI is InChI=1S/C18H15BrN2O2/c1-12-17(11-20-21(12)2)18(22)23-16-9-5-14(6-10-16)13-3-7-15(19)8-4-13/h3-11H,1-2H3. The minimum Gasteiger partial charge on any atom is -0.423 e. The summed E-state index contributed by atoms with van der Waals surface area (Å²) in [6, 6.07) is 15.5. The molecule has 0 saturated carbocycles. The van der Waals surface area contributed by atoms with E-state index in [4.69, 9.17) is 4.74 Å². The number of hydrogen-bond acceptors (Lipinski definition) is 3. The summed E-state index contributed by atoms with van der Waals surface area (Å²) in [5, 5.41) is 4.05. The highest BCUT2D eigenvalue weighted by molar-refractivity contribution is 9.10. The monoisotopic (exact) mass is 370 g/mol. The molecule has 0 aliphatic rings. The fourth-order valence-electron chi connectivity index (χ4n) is 2.22. The molecule has 0 radical (unpaired) electrons. The fourth-order valence-corrected chi connectivity index (χ4v) is 2.48. The molecule has 23 heavy (non-hydrogen) atoms. The second-order valence-corrected chi connectivity index (χ2v) is 6.10. The van der Waals surface area contributed by atoms with Gasteiger partial charge in [0.2, 0.25) is 0 Å². The summed E-state index contributed by atoms with van der Waals surface area (Å²) in [4.78, 5) is 12.2. The van der Waals surface area contributed by atoms with E-state index >= 15 is 0 Å². The number of nitrogens with zero attached hydrogens (tertiary/aromatic N) is 2. The Hall–Kier alpha value is -2.40. The number of aromatic nitrogens is 2. The van der Waals surface area contributed by atoms with Crippen LogP contribution >= 0.6 is 15.9 Å². The number of hydrogen-bond donors (Lipinski definition) is 0. The van der Waals surface area contributed by atoms with Gasteiger partial charge >= 0.3 is 5.97 Å². The van der Waals surface area contributed by atoms with Crippen molar-refractivity contribution in [1.29, 1.82) is 0 Å². The number of halogens is 1. The molecule has 0 fully saturated rings. The number of carbonyl (C=O) groups is 1.